The molecule has 0 radical (unpaired) electrons. The second-order valence-electron chi connectivity index (χ2n) is 4.93. The molecule has 3 N–H and O–H groups in total. The number of hydrogen-bond donors (Lipinski definition) is 3. The lowest BCUT2D eigenvalue weighted by molar-refractivity contribution is 0.198. The summed E-state index contributed by atoms with van der Waals surface area (Å²) in [4.78, 5) is 2.34. The molecule has 4 heteroatoms. The molecule has 0 bridgehead atoms. The predicted octanol–water partition coefficient (Wildman–Crippen LogP) is 0.585. The Kier molecular flexibility index (Phi) is 8.61. The zero-order valence-corrected chi connectivity index (χ0v) is 10.9. The van der Waals surface area contributed by atoms with E-state index in [4.69, 9.17) is 10.2 Å². The van der Waals surface area contributed by atoms with Crippen molar-refractivity contribution in [1.29, 1.82) is 0 Å². The van der Waals surface area contributed by atoms with Crippen molar-refractivity contribution in [2.75, 3.05) is 39.4 Å². The Balaban J connectivity index is 1.99. The molecule has 0 heterocycles. The van der Waals surface area contributed by atoms with E-state index >= 15 is 0 Å². The molecule has 0 aromatic rings. The third kappa shape index (κ3) is 6.99. The molecule has 1 aliphatic rings. The largest absolute Gasteiger partial charge is 0.396 e. The summed E-state index contributed by atoms with van der Waals surface area (Å²) >= 11 is 0. The first-order valence-corrected chi connectivity index (χ1v) is 7.04. The number of nitrogens with one attached hydrogen (secondary N) is 1. The highest BCUT2D eigenvalue weighted by molar-refractivity contribution is 4.76. The number of nitrogens with zero attached hydrogens (tertiary/aromatic N) is 1. The van der Waals surface area contributed by atoms with Gasteiger partial charge in [-0.3, -0.25) is 0 Å². The zero-order valence-electron chi connectivity index (χ0n) is 10.9. The molecule has 0 aromatic heterocycles. The summed E-state index contributed by atoms with van der Waals surface area (Å²) in [5.74, 6) is 0. The van der Waals surface area contributed by atoms with E-state index < -0.39 is 0 Å². The Bertz CT molecular complexity index is 167. The van der Waals surface area contributed by atoms with Crippen LogP contribution in [-0.2, 0) is 0 Å². The zero-order chi connectivity index (χ0) is 12.3. The van der Waals surface area contributed by atoms with Crippen molar-refractivity contribution in [2.24, 2.45) is 0 Å². The fourth-order valence-electron chi connectivity index (χ4n) is 2.15. The van der Waals surface area contributed by atoms with Crippen LogP contribution in [0.2, 0.25) is 0 Å². The number of hydrogen-bond acceptors (Lipinski definition) is 4. The molecule has 1 rings (SSSR count). The minimum absolute atomic E-state index is 0.260. The maximum Gasteiger partial charge on any atom is 0.0443 e. The van der Waals surface area contributed by atoms with Crippen LogP contribution in [-0.4, -0.2) is 60.5 Å². The van der Waals surface area contributed by atoms with Gasteiger partial charge in [0, 0.05) is 32.3 Å². The van der Waals surface area contributed by atoms with Gasteiger partial charge in [-0.2, -0.15) is 0 Å². The van der Waals surface area contributed by atoms with Crippen LogP contribution in [0.15, 0.2) is 0 Å². The molecule has 17 heavy (non-hydrogen) atoms. The van der Waals surface area contributed by atoms with E-state index in [9.17, 15) is 0 Å². The standard InChI is InChI=1S/C13H28N2O2/c16-11-3-9-15(10-4-12-17)8-2-7-14-13-5-1-6-13/h13-14,16-17H,1-12H2. The summed E-state index contributed by atoms with van der Waals surface area (Å²) in [5.41, 5.74) is 0. The van der Waals surface area contributed by atoms with Gasteiger partial charge in [0.2, 0.25) is 0 Å². The predicted molar refractivity (Wildman–Crippen MR) is 70.1 cm³/mol. The summed E-state index contributed by atoms with van der Waals surface area (Å²) in [6.45, 7) is 4.57. The molecule has 1 fully saturated rings. The summed E-state index contributed by atoms with van der Waals surface area (Å²) in [6.07, 6.45) is 6.91. The molecule has 0 aromatic carbocycles. The first-order chi connectivity index (χ1) is 8.36. The van der Waals surface area contributed by atoms with Crippen LogP contribution in [0.3, 0.4) is 0 Å². The van der Waals surface area contributed by atoms with Gasteiger partial charge in [-0.15, -0.1) is 0 Å². The lowest BCUT2D eigenvalue weighted by Crippen LogP contribution is -2.37. The third-order valence-electron chi connectivity index (χ3n) is 3.45. The second-order valence-corrected chi connectivity index (χ2v) is 4.93. The quantitative estimate of drug-likeness (QED) is 0.466. The minimum atomic E-state index is 0.260. The van der Waals surface area contributed by atoms with Gasteiger partial charge < -0.3 is 20.4 Å². The maximum absolute atomic E-state index is 8.84. The smallest absolute Gasteiger partial charge is 0.0443 e. The van der Waals surface area contributed by atoms with Crippen LogP contribution in [0.25, 0.3) is 0 Å². The highest BCUT2D eigenvalue weighted by Crippen LogP contribution is 2.17. The number of aliphatic hydroxyl groups excluding tert-OH is 2. The monoisotopic (exact) mass is 244 g/mol. The lowest BCUT2D eigenvalue weighted by atomic mass is 9.93. The number of rotatable bonds is 11. The van der Waals surface area contributed by atoms with E-state index in [1.807, 2.05) is 0 Å². The number of aliphatic hydroxyl groups is 2. The average molecular weight is 244 g/mol. The lowest BCUT2D eigenvalue weighted by Gasteiger charge is -2.27. The van der Waals surface area contributed by atoms with E-state index in [2.05, 4.69) is 10.2 Å². The molecular weight excluding hydrogens is 216 g/mol. The van der Waals surface area contributed by atoms with Crippen LogP contribution >= 0.6 is 0 Å². The Morgan fingerprint density at radius 1 is 0.941 bits per heavy atom. The van der Waals surface area contributed by atoms with E-state index in [0.29, 0.717) is 0 Å². The molecule has 0 unspecified atom stereocenters. The first-order valence-electron chi connectivity index (χ1n) is 7.04. The third-order valence-corrected chi connectivity index (χ3v) is 3.45. The topological polar surface area (TPSA) is 55.7 Å². The molecule has 0 spiro atoms. The molecule has 0 saturated heterocycles. The van der Waals surface area contributed by atoms with Crippen molar-refractivity contribution in [2.45, 2.75) is 44.6 Å². The summed E-state index contributed by atoms with van der Waals surface area (Å²) < 4.78 is 0. The normalized spacial score (nSPS) is 16.4. The molecule has 102 valence electrons. The van der Waals surface area contributed by atoms with E-state index in [-0.39, 0.29) is 13.2 Å². The highest BCUT2D eigenvalue weighted by atomic mass is 16.3. The van der Waals surface area contributed by atoms with Gasteiger partial charge >= 0.3 is 0 Å². The fourth-order valence-corrected chi connectivity index (χ4v) is 2.15. The summed E-state index contributed by atoms with van der Waals surface area (Å²) in [6, 6.07) is 0.776. The van der Waals surface area contributed by atoms with Crippen LogP contribution < -0.4 is 5.32 Å². The molecule has 0 amide bonds. The second kappa shape index (κ2) is 9.83. The molecule has 0 aliphatic heterocycles. The van der Waals surface area contributed by atoms with Crippen molar-refractivity contribution < 1.29 is 10.2 Å². The maximum atomic E-state index is 8.84. The minimum Gasteiger partial charge on any atom is -0.396 e. The summed E-state index contributed by atoms with van der Waals surface area (Å²) in [7, 11) is 0. The van der Waals surface area contributed by atoms with Crippen LogP contribution in [0.5, 0.6) is 0 Å². The van der Waals surface area contributed by atoms with Crippen molar-refractivity contribution in [3.63, 3.8) is 0 Å². The molecule has 1 saturated carbocycles. The van der Waals surface area contributed by atoms with Crippen molar-refractivity contribution in [1.82, 2.24) is 10.2 Å². The highest BCUT2D eigenvalue weighted by Gasteiger charge is 2.15. The average Bonchev–Trinajstić information content (AvgIpc) is 2.29. The Labute approximate surface area is 105 Å². The van der Waals surface area contributed by atoms with E-state index in [0.717, 1.165) is 51.5 Å². The van der Waals surface area contributed by atoms with Crippen molar-refractivity contribution >= 4 is 0 Å². The van der Waals surface area contributed by atoms with Crippen LogP contribution in [0.4, 0.5) is 0 Å². The Morgan fingerprint density at radius 3 is 2.00 bits per heavy atom. The van der Waals surface area contributed by atoms with Crippen molar-refractivity contribution in [3.8, 4) is 0 Å². The van der Waals surface area contributed by atoms with Crippen LogP contribution in [0, 0.1) is 0 Å². The molecular formula is C13H28N2O2. The van der Waals surface area contributed by atoms with Gasteiger partial charge in [0.1, 0.15) is 0 Å². The first kappa shape index (κ1) is 14.9. The Hall–Kier alpha value is -0.160. The van der Waals surface area contributed by atoms with Crippen LogP contribution in [0.1, 0.15) is 38.5 Å². The van der Waals surface area contributed by atoms with Crippen molar-refractivity contribution in [3.05, 3.63) is 0 Å². The van der Waals surface area contributed by atoms with Gasteiger partial charge in [-0.25, -0.2) is 0 Å². The van der Waals surface area contributed by atoms with Gasteiger partial charge in [-0.05, 0) is 45.2 Å². The van der Waals surface area contributed by atoms with E-state index in [1.54, 1.807) is 0 Å². The SMILES string of the molecule is OCCCN(CCCO)CCCNC1CCC1. The molecule has 0 atom stereocenters. The molecule has 1 aliphatic carbocycles. The Morgan fingerprint density at radius 2 is 1.53 bits per heavy atom. The van der Waals surface area contributed by atoms with Gasteiger partial charge in [0.15, 0.2) is 0 Å². The molecule has 4 nitrogen and oxygen atoms in total. The fraction of sp³-hybridized carbons (Fsp3) is 1.00. The summed E-state index contributed by atoms with van der Waals surface area (Å²) in [5, 5.41) is 21.2. The van der Waals surface area contributed by atoms with Gasteiger partial charge in [0.25, 0.3) is 0 Å². The van der Waals surface area contributed by atoms with Gasteiger partial charge in [-0.1, -0.05) is 6.42 Å². The van der Waals surface area contributed by atoms with E-state index in [1.165, 1.54) is 19.3 Å². The van der Waals surface area contributed by atoms with Gasteiger partial charge in [0.05, 0.1) is 0 Å².